The Kier molecular flexibility index (Phi) is 5.28. The predicted octanol–water partition coefficient (Wildman–Crippen LogP) is 3.40. The van der Waals surface area contributed by atoms with Crippen molar-refractivity contribution in [2.75, 3.05) is 31.2 Å². The van der Waals surface area contributed by atoms with E-state index in [1.54, 1.807) is 18.5 Å². The van der Waals surface area contributed by atoms with E-state index < -0.39 is 0 Å². The summed E-state index contributed by atoms with van der Waals surface area (Å²) >= 11 is 0. The van der Waals surface area contributed by atoms with Crippen molar-refractivity contribution < 1.29 is 4.79 Å². The first kappa shape index (κ1) is 20.1. The van der Waals surface area contributed by atoms with E-state index in [0.29, 0.717) is 28.6 Å². The van der Waals surface area contributed by atoms with E-state index in [0.717, 1.165) is 24.3 Å². The van der Waals surface area contributed by atoms with Gasteiger partial charge < -0.3 is 16.0 Å². The van der Waals surface area contributed by atoms with Gasteiger partial charge in [-0.25, -0.2) is 20.3 Å². The number of piperidine rings is 1. The van der Waals surface area contributed by atoms with Gasteiger partial charge in [0.15, 0.2) is 0 Å². The molecule has 0 atom stereocenters. The first-order valence-electron chi connectivity index (χ1n) is 10.7. The molecule has 2 aliphatic heterocycles. The zero-order valence-corrected chi connectivity index (χ0v) is 17.8. The second kappa shape index (κ2) is 8.39. The molecule has 161 valence electrons. The molecule has 8 nitrogen and oxygen atoms in total. The molecule has 0 saturated carbocycles. The molecule has 1 fully saturated rings. The average Bonchev–Trinajstić information content (AvgIpc) is 2.80. The van der Waals surface area contributed by atoms with Crippen LogP contribution in [0.4, 0.5) is 17.5 Å². The number of carbonyl (C=O) groups excluding carboxylic acids is 1. The molecular weight excluding hydrogens is 402 g/mol. The molecule has 4 heterocycles. The van der Waals surface area contributed by atoms with Crippen LogP contribution >= 0.6 is 0 Å². The maximum atomic E-state index is 12.5. The minimum Gasteiger partial charge on any atom is -0.368 e. The molecule has 1 saturated heterocycles. The number of nitrogens with one attached hydrogen (secondary N) is 1. The molecule has 0 bridgehead atoms. The molecule has 32 heavy (non-hydrogen) atoms. The van der Waals surface area contributed by atoms with Gasteiger partial charge >= 0.3 is 0 Å². The number of likely N-dealkylation sites (tertiary alicyclic amines) is 1. The third-order valence-electron chi connectivity index (χ3n) is 6.04. The molecule has 1 amide bonds. The van der Waals surface area contributed by atoms with E-state index in [9.17, 15) is 4.79 Å². The van der Waals surface area contributed by atoms with Gasteiger partial charge in [0.05, 0.1) is 11.3 Å². The smallest absolute Gasteiger partial charge is 0.281 e. The Balaban J connectivity index is 1.46. The summed E-state index contributed by atoms with van der Waals surface area (Å²) in [6.07, 6.45) is 8.90. The van der Waals surface area contributed by atoms with Crippen LogP contribution in [-0.4, -0.2) is 45.9 Å². The van der Waals surface area contributed by atoms with Gasteiger partial charge in [-0.2, -0.15) is 0 Å². The molecule has 2 aliphatic rings. The molecule has 8 heteroatoms. The zero-order chi connectivity index (χ0) is 22.1. The van der Waals surface area contributed by atoms with E-state index in [1.165, 1.54) is 24.6 Å². The van der Waals surface area contributed by atoms with E-state index in [4.69, 9.17) is 10.7 Å². The number of benzene rings is 1. The van der Waals surface area contributed by atoms with Crippen molar-refractivity contribution in [3.63, 3.8) is 0 Å². The molecular formula is C24H24N7O. The second-order valence-electron chi connectivity index (χ2n) is 8.22. The summed E-state index contributed by atoms with van der Waals surface area (Å²) < 4.78 is 0. The lowest BCUT2D eigenvalue weighted by molar-refractivity contribution is 0.0965. The summed E-state index contributed by atoms with van der Waals surface area (Å²) in [4.78, 5) is 27.7. The summed E-state index contributed by atoms with van der Waals surface area (Å²) in [7, 11) is 2.17. The molecule has 3 N–H and O–H groups in total. The summed E-state index contributed by atoms with van der Waals surface area (Å²) in [6, 6.07) is 10.2. The van der Waals surface area contributed by atoms with Crippen molar-refractivity contribution in [3.8, 4) is 11.3 Å². The molecule has 0 unspecified atom stereocenters. The van der Waals surface area contributed by atoms with Crippen LogP contribution in [0.5, 0.6) is 0 Å². The minimum absolute atomic E-state index is 0.198. The fourth-order valence-corrected chi connectivity index (χ4v) is 4.20. The van der Waals surface area contributed by atoms with E-state index >= 15 is 0 Å². The van der Waals surface area contributed by atoms with Crippen LogP contribution < -0.4 is 16.4 Å². The number of amides is 1. The van der Waals surface area contributed by atoms with Crippen LogP contribution in [0.3, 0.4) is 0 Å². The summed E-state index contributed by atoms with van der Waals surface area (Å²) in [5, 5.41) is 7.25. The standard InChI is InChI=1S/C24H24N7O/c1-31-10-7-16(8-11-31)15-2-4-19(5-3-15)29-22-21-17(6-9-26-23(21)32)12-20(30-22)18-13-27-24(25)28-14-18/h2-6,9,12-14,16H,7-8,10-11H2,1H3,(H,29,30)(H2,25,27,28). The summed E-state index contributed by atoms with van der Waals surface area (Å²) in [5.74, 6) is 0.925. The number of fused-ring (bicyclic) bond motifs is 1. The first-order chi connectivity index (χ1) is 15.6. The Labute approximate surface area is 186 Å². The first-order valence-corrected chi connectivity index (χ1v) is 10.7. The third-order valence-corrected chi connectivity index (χ3v) is 6.04. The predicted molar refractivity (Wildman–Crippen MR) is 124 cm³/mol. The molecule has 2 aromatic heterocycles. The lowest BCUT2D eigenvalue weighted by Crippen LogP contribution is -2.29. The van der Waals surface area contributed by atoms with Gasteiger partial charge in [0, 0.05) is 29.8 Å². The molecule has 5 rings (SSSR count). The van der Waals surface area contributed by atoms with Crippen molar-refractivity contribution in [2.24, 2.45) is 0 Å². The van der Waals surface area contributed by atoms with Gasteiger partial charge in [-0.15, -0.1) is 0 Å². The van der Waals surface area contributed by atoms with Crippen molar-refractivity contribution in [1.82, 2.24) is 25.2 Å². The number of nitrogens with two attached hydrogens (primary N) is 1. The van der Waals surface area contributed by atoms with Gasteiger partial charge in [-0.3, -0.25) is 4.79 Å². The normalized spacial score (nSPS) is 16.5. The third kappa shape index (κ3) is 4.04. The Morgan fingerprint density at radius 3 is 2.53 bits per heavy atom. The van der Waals surface area contributed by atoms with Gasteiger partial charge in [-0.1, -0.05) is 12.1 Å². The number of hydrogen-bond donors (Lipinski definition) is 2. The minimum atomic E-state index is -0.319. The van der Waals surface area contributed by atoms with E-state index in [-0.39, 0.29) is 11.9 Å². The Morgan fingerprint density at radius 2 is 1.81 bits per heavy atom. The fraction of sp³-hybridized carbons (Fsp3) is 0.250. The summed E-state index contributed by atoms with van der Waals surface area (Å²) in [5.41, 5.74) is 10.4. The topological polar surface area (TPSA) is 111 Å². The number of hydrogen-bond acceptors (Lipinski definition) is 7. The molecule has 0 aliphatic carbocycles. The quantitative estimate of drug-likeness (QED) is 0.658. The second-order valence-corrected chi connectivity index (χ2v) is 8.22. The highest BCUT2D eigenvalue weighted by atomic mass is 16.1. The van der Waals surface area contributed by atoms with Crippen LogP contribution in [0.2, 0.25) is 0 Å². The van der Waals surface area contributed by atoms with Crippen LogP contribution in [0.25, 0.3) is 17.3 Å². The number of aromatic nitrogens is 3. The van der Waals surface area contributed by atoms with Gasteiger partial charge in [0.2, 0.25) is 5.95 Å². The van der Waals surface area contributed by atoms with Gasteiger partial charge in [0.1, 0.15) is 5.82 Å². The Morgan fingerprint density at radius 1 is 1.09 bits per heavy atom. The fourth-order valence-electron chi connectivity index (χ4n) is 4.20. The molecule has 1 radical (unpaired) electrons. The number of nitrogens with zero attached hydrogens (tertiary/aromatic N) is 5. The maximum absolute atomic E-state index is 12.5. The molecule has 3 aromatic rings. The Bertz CT molecular complexity index is 1160. The number of nitrogen functional groups attached to an aromatic ring is 1. The van der Waals surface area contributed by atoms with E-state index in [2.05, 4.69) is 44.7 Å². The molecule has 1 aromatic carbocycles. The van der Waals surface area contributed by atoms with Crippen LogP contribution in [0.1, 0.15) is 40.2 Å². The summed E-state index contributed by atoms with van der Waals surface area (Å²) in [6.45, 7) is 2.25. The number of rotatable bonds is 4. The lowest BCUT2D eigenvalue weighted by atomic mass is 9.89. The zero-order valence-electron chi connectivity index (χ0n) is 17.8. The maximum Gasteiger partial charge on any atom is 0.281 e. The number of pyridine rings is 1. The Hall–Kier alpha value is -3.78. The average molecular weight is 427 g/mol. The van der Waals surface area contributed by atoms with Crippen molar-refractivity contribution in [3.05, 3.63) is 65.6 Å². The lowest BCUT2D eigenvalue weighted by Gasteiger charge is -2.29. The SMILES string of the molecule is CN1CCC(c2ccc(Nc3nc(-c4cnc(N)nc4)cc4c3C(=O)[N]C=C4)cc2)CC1. The highest BCUT2D eigenvalue weighted by Gasteiger charge is 2.23. The highest BCUT2D eigenvalue weighted by Crippen LogP contribution is 2.32. The van der Waals surface area contributed by atoms with Crippen molar-refractivity contribution in [2.45, 2.75) is 18.8 Å². The van der Waals surface area contributed by atoms with Crippen LogP contribution in [-0.2, 0) is 0 Å². The van der Waals surface area contributed by atoms with Crippen LogP contribution in [0.15, 0.2) is 48.9 Å². The van der Waals surface area contributed by atoms with Gasteiger partial charge in [-0.05, 0) is 74.3 Å². The molecule has 0 spiro atoms. The largest absolute Gasteiger partial charge is 0.368 e. The number of carbonyl (C=O) groups is 1. The van der Waals surface area contributed by atoms with Gasteiger partial charge in [0.25, 0.3) is 5.91 Å². The number of anilines is 3. The van der Waals surface area contributed by atoms with Crippen molar-refractivity contribution >= 4 is 29.4 Å². The van der Waals surface area contributed by atoms with E-state index in [1.807, 2.05) is 18.2 Å². The monoisotopic (exact) mass is 426 g/mol. The van der Waals surface area contributed by atoms with Crippen molar-refractivity contribution in [1.29, 1.82) is 0 Å². The van der Waals surface area contributed by atoms with Crippen LogP contribution in [0, 0.1) is 0 Å². The highest BCUT2D eigenvalue weighted by molar-refractivity contribution is 6.05.